The third kappa shape index (κ3) is 3.40. The molecule has 0 amide bonds. The van der Waals surface area contributed by atoms with Gasteiger partial charge in [0.05, 0.1) is 11.5 Å². The first-order valence-corrected chi connectivity index (χ1v) is 8.27. The van der Waals surface area contributed by atoms with Gasteiger partial charge in [0.2, 0.25) is 10.0 Å². The van der Waals surface area contributed by atoms with E-state index < -0.39 is 10.0 Å². The molecule has 0 aromatic heterocycles. The zero-order valence-corrected chi connectivity index (χ0v) is 12.5. The molecule has 0 bridgehead atoms. The molecule has 0 unspecified atom stereocenters. The molecule has 2 aromatic carbocycles. The second-order valence-electron chi connectivity index (χ2n) is 4.06. The van der Waals surface area contributed by atoms with Gasteiger partial charge >= 0.3 is 0 Å². The van der Waals surface area contributed by atoms with Crippen LogP contribution < -0.4 is 4.72 Å². The zero-order chi connectivity index (χ0) is 14.6. The predicted octanol–water partition coefficient (Wildman–Crippen LogP) is 2.24. The van der Waals surface area contributed by atoms with Crippen LogP contribution in [0.25, 0.3) is 0 Å². The summed E-state index contributed by atoms with van der Waals surface area (Å²) in [6, 6.07) is 14.2. The lowest BCUT2D eigenvalue weighted by atomic mass is 10.2. The van der Waals surface area contributed by atoms with E-state index in [-0.39, 0.29) is 11.5 Å². The predicted molar refractivity (Wildman–Crippen MR) is 79.2 cm³/mol. The van der Waals surface area contributed by atoms with E-state index in [4.69, 9.17) is 5.11 Å². The summed E-state index contributed by atoms with van der Waals surface area (Å²) in [5, 5.41) is 9.01. The Morgan fingerprint density at radius 2 is 1.75 bits per heavy atom. The molecule has 0 heterocycles. The molecule has 0 saturated carbocycles. The van der Waals surface area contributed by atoms with E-state index in [1.165, 1.54) is 18.8 Å². The second kappa shape index (κ2) is 6.41. The average Bonchev–Trinajstić information content (AvgIpc) is 2.48. The highest BCUT2D eigenvalue weighted by atomic mass is 32.2. The van der Waals surface area contributed by atoms with Crippen molar-refractivity contribution in [2.24, 2.45) is 0 Å². The van der Waals surface area contributed by atoms with E-state index >= 15 is 0 Å². The van der Waals surface area contributed by atoms with Gasteiger partial charge in [-0.05, 0) is 36.9 Å². The van der Waals surface area contributed by atoms with Crippen LogP contribution in [0.4, 0.5) is 0 Å². The second-order valence-corrected chi connectivity index (χ2v) is 7.03. The molecule has 4 nitrogen and oxygen atoms in total. The lowest BCUT2D eigenvalue weighted by Gasteiger charge is -2.09. The highest BCUT2D eigenvalue weighted by Gasteiger charge is 2.16. The average molecular weight is 309 g/mol. The van der Waals surface area contributed by atoms with Gasteiger partial charge in [-0.1, -0.05) is 36.0 Å². The lowest BCUT2D eigenvalue weighted by Crippen LogP contribution is -2.19. The van der Waals surface area contributed by atoms with Gasteiger partial charge in [-0.3, -0.25) is 0 Å². The van der Waals surface area contributed by atoms with Gasteiger partial charge in [0, 0.05) is 9.79 Å². The molecule has 0 spiro atoms. The van der Waals surface area contributed by atoms with Crippen LogP contribution in [0.15, 0.2) is 63.2 Å². The van der Waals surface area contributed by atoms with Crippen molar-refractivity contribution >= 4 is 21.8 Å². The van der Waals surface area contributed by atoms with E-state index in [9.17, 15) is 8.42 Å². The van der Waals surface area contributed by atoms with Crippen LogP contribution >= 0.6 is 11.8 Å². The van der Waals surface area contributed by atoms with Crippen LogP contribution in [0, 0.1) is 0 Å². The van der Waals surface area contributed by atoms with Crippen molar-refractivity contribution in [1.82, 2.24) is 4.72 Å². The van der Waals surface area contributed by atoms with Gasteiger partial charge in [-0.15, -0.1) is 0 Å². The maximum absolute atomic E-state index is 12.0. The maximum Gasteiger partial charge on any atom is 0.241 e. The van der Waals surface area contributed by atoms with Crippen molar-refractivity contribution in [3.05, 3.63) is 54.1 Å². The van der Waals surface area contributed by atoms with Crippen molar-refractivity contribution in [2.75, 3.05) is 7.05 Å². The standard InChI is InChI=1S/C14H15NO3S2/c1-15-20(17,18)14-5-3-2-4-13(14)19-12-8-6-11(10-16)7-9-12/h2-9,15-16H,10H2,1H3. The van der Waals surface area contributed by atoms with Crippen molar-refractivity contribution in [3.63, 3.8) is 0 Å². The zero-order valence-electron chi connectivity index (χ0n) is 10.9. The maximum atomic E-state index is 12.0. The number of hydrogen-bond acceptors (Lipinski definition) is 4. The van der Waals surface area contributed by atoms with E-state index in [1.807, 2.05) is 24.3 Å². The molecule has 0 saturated heterocycles. The first-order chi connectivity index (χ1) is 9.56. The van der Waals surface area contributed by atoms with Crippen LogP contribution in [-0.2, 0) is 16.6 Å². The van der Waals surface area contributed by atoms with Gasteiger partial charge in [0.25, 0.3) is 0 Å². The Balaban J connectivity index is 2.34. The van der Waals surface area contributed by atoms with Gasteiger partial charge in [-0.2, -0.15) is 0 Å². The smallest absolute Gasteiger partial charge is 0.241 e. The van der Waals surface area contributed by atoms with Gasteiger partial charge in [0.15, 0.2) is 0 Å². The summed E-state index contributed by atoms with van der Waals surface area (Å²) >= 11 is 1.37. The molecule has 0 fully saturated rings. The van der Waals surface area contributed by atoms with E-state index in [2.05, 4.69) is 4.72 Å². The topological polar surface area (TPSA) is 66.4 Å². The summed E-state index contributed by atoms with van der Waals surface area (Å²) in [5.41, 5.74) is 0.825. The fraction of sp³-hybridized carbons (Fsp3) is 0.143. The number of hydrogen-bond donors (Lipinski definition) is 2. The van der Waals surface area contributed by atoms with Crippen LogP contribution in [-0.4, -0.2) is 20.6 Å². The minimum atomic E-state index is -3.47. The van der Waals surface area contributed by atoms with E-state index in [1.54, 1.807) is 24.3 Å². The first kappa shape index (κ1) is 15.1. The number of nitrogens with one attached hydrogen (secondary N) is 1. The normalized spacial score (nSPS) is 11.5. The molecular weight excluding hydrogens is 294 g/mol. The van der Waals surface area contributed by atoms with Crippen LogP contribution in [0.2, 0.25) is 0 Å². The molecule has 20 heavy (non-hydrogen) atoms. The number of sulfonamides is 1. The highest BCUT2D eigenvalue weighted by Crippen LogP contribution is 2.32. The summed E-state index contributed by atoms with van der Waals surface area (Å²) in [6.07, 6.45) is 0. The molecule has 2 rings (SSSR count). The first-order valence-electron chi connectivity index (χ1n) is 5.97. The van der Waals surface area contributed by atoms with Crippen molar-refractivity contribution in [2.45, 2.75) is 21.3 Å². The fourth-order valence-electron chi connectivity index (χ4n) is 1.66. The molecule has 2 N–H and O–H groups in total. The molecule has 2 aromatic rings. The number of aliphatic hydroxyl groups is 1. The molecule has 0 radical (unpaired) electrons. The SMILES string of the molecule is CNS(=O)(=O)c1ccccc1Sc1ccc(CO)cc1. The summed E-state index contributed by atoms with van der Waals surface area (Å²) < 4.78 is 26.2. The number of benzene rings is 2. The van der Waals surface area contributed by atoms with Crippen LogP contribution in [0.1, 0.15) is 5.56 Å². The Morgan fingerprint density at radius 1 is 1.10 bits per heavy atom. The largest absolute Gasteiger partial charge is 0.392 e. The Labute approximate surface area is 122 Å². The van der Waals surface area contributed by atoms with Crippen molar-refractivity contribution < 1.29 is 13.5 Å². The lowest BCUT2D eigenvalue weighted by molar-refractivity contribution is 0.282. The minimum Gasteiger partial charge on any atom is -0.392 e. The van der Waals surface area contributed by atoms with Gasteiger partial charge < -0.3 is 5.11 Å². The summed E-state index contributed by atoms with van der Waals surface area (Å²) in [5.74, 6) is 0. The number of aliphatic hydroxyl groups excluding tert-OH is 1. The Kier molecular flexibility index (Phi) is 4.82. The summed E-state index contributed by atoms with van der Waals surface area (Å²) in [6.45, 7) is -0.00430. The Bertz CT molecular complexity index is 682. The third-order valence-electron chi connectivity index (χ3n) is 2.74. The van der Waals surface area contributed by atoms with E-state index in [0.717, 1.165) is 10.5 Å². The van der Waals surface area contributed by atoms with Gasteiger partial charge in [-0.25, -0.2) is 13.1 Å². The molecule has 106 valence electrons. The minimum absolute atomic E-state index is 0.00430. The third-order valence-corrected chi connectivity index (χ3v) is 5.43. The molecule has 0 aliphatic rings. The molecular formula is C14H15NO3S2. The summed E-state index contributed by atoms with van der Waals surface area (Å²) in [4.78, 5) is 1.85. The molecule has 0 atom stereocenters. The van der Waals surface area contributed by atoms with Gasteiger partial charge in [0.1, 0.15) is 0 Å². The molecule has 0 aliphatic heterocycles. The van der Waals surface area contributed by atoms with E-state index in [0.29, 0.717) is 4.90 Å². The van der Waals surface area contributed by atoms with Crippen LogP contribution in [0.5, 0.6) is 0 Å². The number of rotatable bonds is 5. The summed E-state index contributed by atoms with van der Waals surface area (Å²) in [7, 11) is -2.08. The fourth-order valence-corrected chi connectivity index (χ4v) is 3.76. The Hall–Kier alpha value is -1.34. The highest BCUT2D eigenvalue weighted by molar-refractivity contribution is 8.00. The molecule has 6 heteroatoms. The van der Waals surface area contributed by atoms with Crippen molar-refractivity contribution in [1.29, 1.82) is 0 Å². The molecule has 0 aliphatic carbocycles. The van der Waals surface area contributed by atoms with Crippen LogP contribution in [0.3, 0.4) is 0 Å². The monoisotopic (exact) mass is 309 g/mol. The quantitative estimate of drug-likeness (QED) is 0.889. The Morgan fingerprint density at radius 3 is 2.35 bits per heavy atom. The van der Waals surface area contributed by atoms with Crippen molar-refractivity contribution in [3.8, 4) is 0 Å².